The first-order valence-electron chi connectivity index (χ1n) is 8.26. The molecule has 1 fully saturated rings. The molecule has 2 aromatic heterocycles. The highest BCUT2D eigenvalue weighted by molar-refractivity contribution is 5.92. The fraction of sp³-hybridized carbons (Fsp3) is 0.294. The molecule has 1 aliphatic heterocycles. The molecule has 7 nitrogen and oxygen atoms in total. The predicted octanol–water partition coefficient (Wildman–Crippen LogP) is 3.46. The van der Waals surface area contributed by atoms with Gasteiger partial charge in [0.15, 0.2) is 5.69 Å². The lowest BCUT2D eigenvalue weighted by atomic mass is 10.2. The summed E-state index contributed by atoms with van der Waals surface area (Å²) in [5.74, 6) is 0.0408. The first kappa shape index (κ1) is 17.3. The topological polar surface area (TPSA) is 87.9 Å². The number of aromatic nitrogens is 4. The zero-order valence-electron chi connectivity index (χ0n) is 13.9. The number of aromatic amines is 1. The predicted molar refractivity (Wildman–Crippen MR) is 86.3 cm³/mol. The van der Waals surface area contributed by atoms with Crippen molar-refractivity contribution >= 4 is 5.91 Å². The van der Waals surface area contributed by atoms with Gasteiger partial charge in [0.05, 0.1) is 0 Å². The van der Waals surface area contributed by atoms with E-state index in [0.717, 1.165) is 5.56 Å². The van der Waals surface area contributed by atoms with E-state index in [1.165, 1.54) is 4.90 Å². The molecule has 3 aromatic rings. The van der Waals surface area contributed by atoms with Gasteiger partial charge in [-0.05, 0) is 12.8 Å². The number of carbonyl (C=O) groups is 1. The molecule has 0 radical (unpaired) electrons. The van der Waals surface area contributed by atoms with Crippen molar-refractivity contribution in [1.82, 2.24) is 25.2 Å². The van der Waals surface area contributed by atoms with Crippen LogP contribution in [0.25, 0.3) is 11.4 Å². The first-order valence-corrected chi connectivity index (χ1v) is 8.26. The third kappa shape index (κ3) is 3.29. The lowest BCUT2D eigenvalue weighted by Crippen LogP contribution is -2.31. The van der Waals surface area contributed by atoms with Crippen molar-refractivity contribution < 1.29 is 22.5 Å². The number of carbonyl (C=O) groups excluding carboxylic acids is 1. The van der Waals surface area contributed by atoms with Crippen molar-refractivity contribution in [1.29, 1.82) is 0 Å². The van der Waals surface area contributed by atoms with Crippen LogP contribution in [0.1, 0.15) is 41.0 Å². The Balaban J connectivity index is 1.57. The molecule has 1 N–H and O–H groups in total. The highest BCUT2D eigenvalue weighted by Gasteiger charge is 2.38. The summed E-state index contributed by atoms with van der Waals surface area (Å²) in [5.41, 5.74) is -0.590. The molecule has 0 aliphatic carbocycles. The van der Waals surface area contributed by atoms with Crippen LogP contribution in [-0.4, -0.2) is 37.7 Å². The Kier molecular flexibility index (Phi) is 4.17. The summed E-state index contributed by atoms with van der Waals surface area (Å²) in [6.07, 6.45) is -3.33. The van der Waals surface area contributed by atoms with Gasteiger partial charge in [0, 0.05) is 18.2 Å². The molecular formula is C17H14F3N5O2. The molecule has 0 bridgehead atoms. The largest absolute Gasteiger partial charge is 0.432 e. The molecular weight excluding hydrogens is 363 g/mol. The van der Waals surface area contributed by atoms with Gasteiger partial charge in [0.1, 0.15) is 11.7 Å². The highest BCUT2D eigenvalue weighted by Crippen LogP contribution is 2.34. The third-order valence-corrected chi connectivity index (χ3v) is 4.37. The summed E-state index contributed by atoms with van der Waals surface area (Å²) in [5, 5.41) is 9.30. The molecule has 1 aromatic carbocycles. The molecule has 0 saturated carbocycles. The van der Waals surface area contributed by atoms with Gasteiger partial charge in [-0.3, -0.25) is 9.89 Å². The zero-order chi connectivity index (χ0) is 19.0. The van der Waals surface area contributed by atoms with Gasteiger partial charge < -0.3 is 9.42 Å². The molecule has 1 unspecified atom stereocenters. The van der Waals surface area contributed by atoms with Crippen LogP contribution >= 0.6 is 0 Å². The summed E-state index contributed by atoms with van der Waals surface area (Å²) in [6, 6.07) is 9.41. The van der Waals surface area contributed by atoms with Gasteiger partial charge in [-0.25, -0.2) is 0 Å². The molecule has 1 amide bonds. The molecule has 1 saturated heterocycles. The van der Waals surface area contributed by atoms with Crippen LogP contribution in [0.3, 0.4) is 0 Å². The van der Waals surface area contributed by atoms with E-state index in [1.54, 1.807) is 0 Å². The number of halogens is 3. The fourth-order valence-corrected chi connectivity index (χ4v) is 3.07. The van der Waals surface area contributed by atoms with E-state index < -0.39 is 23.8 Å². The van der Waals surface area contributed by atoms with Crippen LogP contribution in [-0.2, 0) is 6.18 Å². The number of H-pyrrole nitrogens is 1. The first-order chi connectivity index (χ1) is 12.9. The smallest absolute Gasteiger partial charge is 0.337 e. The van der Waals surface area contributed by atoms with E-state index in [-0.39, 0.29) is 11.6 Å². The van der Waals surface area contributed by atoms with Crippen molar-refractivity contribution in [3.8, 4) is 11.4 Å². The SMILES string of the molecule is O=C(c1cc(C(F)(F)F)[nH]n1)N1CCCC1c1nc(-c2ccccc2)no1. The van der Waals surface area contributed by atoms with E-state index in [1.807, 2.05) is 35.4 Å². The number of nitrogens with one attached hydrogen (secondary N) is 1. The molecule has 4 rings (SSSR count). The summed E-state index contributed by atoms with van der Waals surface area (Å²) >= 11 is 0. The minimum atomic E-state index is -4.59. The van der Waals surface area contributed by atoms with E-state index >= 15 is 0 Å². The van der Waals surface area contributed by atoms with Crippen molar-refractivity contribution in [2.45, 2.75) is 25.1 Å². The quantitative estimate of drug-likeness (QED) is 0.755. The lowest BCUT2D eigenvalue weighted by Gasteiger charge is -2.20. The van der Waals surface area contributed by atoms with Crippen molar-refractivity contribution in [2.24, 2.45) is 0 Å². The maximum atomic E-state index is 12.7. The number of hydrogen-bond donors (Lipinski definition) is 1. The summed E-state index contributed by atoms with van der Waals surface area (Å²) in [6.45, 7) is 0.376. The Morgan fingerprint density at radius 3 is 2.74 bits per heavy atom. The Morgan fingerprint density at radius 1 is 1.26 bits per heavy atom. The fourth-order valence-electron chi connectivity index (χ4n) is 3.07. The number of rotatable bonds is 3. The van der Waals surface area contributed by atoms with Crippen LogP contribution < -0.4 is 0 Å². The average molecular weight is 377 g/mol. The van der Waals surface area contributed by atoms with Gasteiger partial charge in [0.25, 0.3) is 5.91 Å². The van der Waals surface area contributed by atoms with Gasteiger partial charge >= 0.3 is 6.18 Å². The summed E-state index contributed by atoms with van der Waals surface area (Å²) in [4.78, 5) is 18.4. The zero-order valence-corrected chi connectivity index (χ0v) is 13.9. The number of benzene rings is 1. The Labute approximate surface area is 151 Å². The normalized spacial score (nSPS) is 17.4. The minimum Gasteiger partial charge on any atom is -0.337 e. The second kappa shape index (κ2) is 6.53. The third-order valence-electron chi connectivity index (χ3n) is 4.37. The Morgan fingerprint density at radius 2 is 2.04 bits per heavy atom. The maximum Gasteiger partial charge on any atom is 0.432 e. The van der Waals surface area contributed by atoms with E-state index in [2.05, 4.69) is 15.2 Å². The van der Waals surface area contributed by atoms with Crippen molar-refractivity contribution in [3.63, 3.8) is 0 Å². The standard InChI is InChI=1S/C17H14F3N5O2/c18-17(19,20)13-9-11(22-23-13)16(26)25-8-4-7-12(25)15-21-14(24-27-15)10-5-2-1-3-6-10/h1-3,5-6,9,12H,4,7-8H2,(H,22,23). The number of likely N-dealkylation sites (tertiary alicyclic amines) is 1. The number of alkyl halides is 3. The number of hydrogen-bond acceptors (Lipinski definition) is 5. The summed E-state index contributed by atoms with van der Waals surface area (Å²) < 4.78 is 43.5. The molecule has 27 heavy (non-hydrogen) atoms. The molecule has 0 spiro atoms. The Bertz CT molecular complexity index is 951. The lowest BCUT2D eigenvalue weighted by molar-refractivity contribution is -0.141. The number of amides is 1. The highest BCUT2D eigenvalue weighted by atomic mass is 19.4. The molecule has 1 aliphatic rings. The molecule has 1 atom stereocenters. The Hall–Kier alpha value is -3.17. The van der Waals surface area contributed by atoms with Gasteiger partial charge in [-0.1, -0.05) is 35.5 Å². The second-order valence-electron chi connectivity index (χ2n) is 6.14. The van der Waals surface area contributed by atoms with E-state index in [0.29, 0.717) is 31.3 Å². The average Bonchev–Trinajstić information content (AvgIpc) is 3.40. The van der Waals surface area contributed by atoms with Crippen LogP contribution in [0.4, 0.5) is 13.2 Å². The molecule has 140 valence electrons. The van der Waals surface area contributed by atoms with Gasteiger partial charge in [0.2, 0.25) is 11.7 Å². The van der Waals surface area contributed by atoms with E-state index in [4.69, 9.17) is 4.52 Å². The van der Waals surface area contributed by atoms with Crippen molar-refractivity contribution in [3.05, 3.63) is 53.7 Å². The van der Waals surface area contributed by atoms with Gasteiger partial charge in [-0.15, -0.1) is 0 Å². The minimum absolute atomic E-state index is 0.256. The van der Waals surface area contributed by atoms with Crippen LogP contribution in [0.5, 0.6) is 0 Å². The van der Waals surface area contributed by atoms with E-state index in [9.17, 15) is 18.0 Å². The maximum absolute atomic E-state index is 12.7. The summed E-state index contributed by atoms with van der Waals surface area (Å²) in [7, 11) is 0. The van der Waals surface area contributed by atoms with Gasteiger partial charge in [-0.2, -0.15) is 23.3 Å². The monoisotopic (exact) mass is 377 g/mol. The van der Waals surface area contributed by atoms with Crippen LogP contribution in [0, 0.1) is 0 Å². The van der Waals surface area contributed by atoms with Crippen LogP contribution in [0.15, 0.2) is 40.9 Å². The van der Waals surface area contributed by atoms with Crippen molar-refractivity contribution in [2.75, 3.05) is 6.54 Å². The number of nitrogens with zero attached hydrogens (tertiary/aromatic N) is 4. The molecule has 10 heteroatoms. The second-order valence-corrected chi connectivity index (χ2v) is 6.14. The van der Waals surface area contributed by atoms with Crippen LogP contribution in [0.2, 0.25) is 0 Å². The molecule has 3 heterocycles.